The zero-order valence-electron chi connectivity index (χ0n) is 14.0. The fourth-order valence-electron chi connectivity index (χ4n) is 2.78. The monoisotopic (exact) mass is 323 g/mol. The van der Waals surface area contributed by atoms with Gasteiger partial charge < -0.3 is 14.6 Å². The molecule has 0 fully saturated rings. The summed E-state index contributed by atoms with van der Waals surface area (Å²) in [4.78, 5) is 16.7. The van der Waals surface area contributed by atoms with E-state index in [0.29, 0.717) is 19.4 Å². The van der Waals surface area contributed by atoms with Gasteiger partial charge >= 0.3 is 0 Å². The third kappa shape index (κ3) is 3.40. The Labute approximate surface area is 141 Å². The van der Waals surface area contributed by atoms with Crippen LogP contribution in [-0.4, -0.2) is 22.6 Å². The van der Waals surface area contributed by atoms with Crippen molar-refractivity contribution in [1.29, 1.82) is 0 Å². The molecular weight excluding hydrogens is 302 g/mol. The Morgan fingerprint density at radius 2 is 1.92 bits per heavy atom. The van der Waals surface area contributed by atoms with E-state index in [1.165, 1.54) is 0 Å². The molecule has 0 radical (unpaired) electrons. The highest BCUT2D eigenvalue weighted by Gasteiger charge is 2.10. The summed E-state index contributed by atoms with van der Waals surface area (Å²) in [6, 6.07) is 15.7. The van der Waals surface area contributed by atoms with Crippen LogP contribution in [0.25, 0.3) is 11.0 Å². The predicted octanol–water partition coefficient (Wildman–Crippen LogP) is 2.83. The third-order valence-electron chi connectivity index (χ3n) is 4.14. The van der Waals surface area contributed by atoms with Gasteiger partial charge in [0.2, 0.25) is 5.91 Å². The lowest BCUT2D eigenvalue weighted by molar-refractivity contribution is -0.121. The highest BCUT2D eigenvalue weighted by Crippen LogP contribution is 2.19. The molecule has 24 heavy (non-hydrogen) atoms. The van der Waals surface area contributed by atoms with Gasteiger partial charge in [-0.05, 0) is 30.2 Å². The fourth-order valence-corrected chi connectivity index (χ4v) is 2.78. The van der Waals surface area contributed by atoms with Crippen molar-refractivity contribution in [3.8, 4) is 5.75 Å². The van der Waals surface area contributed by atoms with Gasteiger partial charge in [0, 0.05) is 13.5 Å². The quantitative estimate of drug-likeness (QED) is 0.759. The summed E-state index contributed by atoms with van der Waals surface area (Å²) in [5, 5.41) is 2.95. The zero-order valence-corrected chi connectivity index (χ0v) is 14.0. The van der Waals surface area contributed by atoms with Crippen molar-refractivity contribution in [3.05, 3.63) is 59.9 Å². The van der Waals surface area contributed by atoms with Crippen molar-refractivity contribution >= 4 is 16.9 Å². The van der Waals surface area contributed by atoms with Crippen molar-refractivity contribution in [2.24, 2.45) is 7.05 Å². The molecule has 0 saturated carbocycles. The molecule has 5 heteroatoms. The second-order valence-electron chi connectivity index (χ2n) is 5.66. The molecule has 0 aliphatic rings. The Bertz CT molecular complexity index is 855. The van der Waals surface area contributed by atoms with E-state index >= 15 is 0 Å². The summed E-state index contributed by atoms with van der Waals surface area (Å²) in [5.74, 6) is 1.68. The van der Waals surface area contributed by atoms with E-state index in [0.717, 1.165) is 28.2 Å². The lowest BCUT2D eigenvalue weighted by Crippen LogP contribution is -2.24. The first-order chi connectivity index (χ1) is 11.7. The lowest BCUT2D eigenvalue weighted by atomic mass is 10.1. The average molecular weight is 323 g/mol. The summed E-state index contributed by atoms with van der Waals surface area (Å²) in [6.45, 7) is 0.427. The van der Waals surface area contributed by atoms with E-state index < -0.39 is 0 Å². The SMILES string of the molecule is COc1ccccc1CCC(=O)NCc1nc2ccccc2n1C. The molecule has 124 valence electrons. The van der Waals surface area contributed by atoms with E-state index in [9.17, 15) is 4.79 Å². The van der Waals surface area contributed by atoms with Gasteiger partial charge in [-0.2, -0.15) is 0 Å². The number of rotatable bonds is 6. The Morgan fingerprint density at radius 1 is 1.17 bits per heavy atom. The zero-order chi connectivity index (χ0) is 16.9. The van der Waals surface area contributed by atoms with Crippen LogP contribution in [0.4, 0.5) is 0 Å². The summed E-state index contributed by atoms with van der Waals surface area (Å²) >= 11 is 0. The standard InChI is InChI=1S/C19H21N3O2/c1-22-16-9-5-4-8-15(16)21-18(22)13-20-19(23)12-11-14-7-3-6-10-17(14)24-2/h3-10H,11-13H2,1-2H3,(H,20,23). The van der Waals surface area contributed by atoms with Gasteiger partial charge in [-0.1, -0.05) is 30.3 Å². The highest BCUT2D eigenvalue weighted by atomic mass is 16.5. The number of hydrogen-bond acceptors (Lipinski definition) is 3. The normalized spacial score (nSPS) is 10.8. The van der Waals surface area contributed by atoms with Gasteiger partial charge in [0.1, 0.15) is 11.6 Å². The number of benzene rings is 2. The van der Waals surface area contributed by atoms with Crippen LogP contribution in [0.1, 0.15) is 17.8 Å². The van der Waals surface area contributed by atoms with Gasteiger partial charge in [0.05, 0.1) is 24.7 Å². The molecule has 1 N–H and O–H groups in total. The average Bonchev–Trinajstić information content (AvgIpc) is 2.94. The second-order valence-corrected chi connectivity index (χ2v) is 5.66. The first kappa shape index (κ1) is 16.1. The van der Waals surface area contributed by atoms with Crippen molar-refractivity contribution in [3.63, 3.8) is 0 Å². The number of nitrogens with one attached hydrogen (secondary N) is 1. The van der Waals surface area contributed by atoms with Gasteiger partial charge in [-0.15, -0.1) is 0 Å². The number of methoxy groups -OCH3 is 1. The molecule has 0 saturated heterocycles. The Hall–Kier alpha value is -2.82. The molecule has 0 unspecified atom stereocenters. The molecule has 3 aromatic rings. The topological polar surface area (TPSA) is 56.1 Å². The minimum absolute atomic E-state index is 0.00737. The molecule has 1 amide bonds. The number of ether oxygens (including phenoxy) is 1. The van der Waals surface area contributed by atoms with Crippen LogP contribution >= 0.6 is 0 Å². The Kier molecular flexibility index (Phi) is 4.79. The predicted molar refractivity (Wildman–Crippen MR) is 93.9 cm³/mol. The van der Waals surface area contributed by atoms with Crippen molar-refractivity contribution in [2.45, 2.75) is 19.4 Å². The minimum atomic E-state index is 0.00737. The van der Waals surface area contributed by atoms with E-state index in [2.05, 4.69) is 10.3 Å². The van der Waals surface area contributed by atoms with Crippen LogP contribution < -0.4 is 10.1 Å². The number of carbonyl (C=O) groups is 1. The number of aromatic nitrogens is 2. The number of hydrogen-bond donors (Lipinski definition) is 1. The summed E-state index contributed by atoms with van der Waals surface area (Å²) in [7, 11) is 3.61. The molecule has 0 atom stereocenters. The summed E-state index contributed by atoms with van der Waals surface area (Å²) < 4.78 is 7.32. The first-order valence-corrected chi connectivity index (χ1v) is 7.98. The molecule has 5 nitrogen and oxygen atoms in total. The van der Waals surface area contributed by atoms with Crippen LogP contribution in [0.5, 0.6) is 5.75 Å². The van der Waals surface area contributed by atoms with Crippen LogP contribution in [0, 0.1) is 0 Å². The molecule has 0 bridgehead atoms. The smallest absolute Gasteiger partial charge is 0.220 e. The van der Waals surface area contributed by atoms with Crippen LogP contribution in [0.2, 0.25) is 0 Å². The van der Waals surface area contributed by atoms with Crippen LogP contribution in [-0.2, 0) is 24.8 Å². The molecule has 0 aliphatic carbocycles. The minimum Gasteiger partial charge on any atom is -0.496 e. The summed E-state index contributed by atoms with van der Waals surface area (Å²) in [6.07, 6.45) is 1.07. The number of para-hydroxylation sites is 3. The fraction of sp³-hybridized carbons (Fsp3) is 0.263. The molecule has 3 rings (SSSR count). The maximum absolute atomic E-state index is 12.1. The molecule has 0 spiro atoms. The number of imidazole rings is 1. The van der Waals surface area contributed by atoms with Crippen molar-refractivity contribution in [2.75, 3.05) is 7.11 Å². The van der Waals surface area contributed by atoms with Gasteiger partial charge in [-0.25, -0.2) is 4.98 Å². The third-order valence-corrected chi connectivity index (χ3v) is 4.14. The lowest BCUT2D eigenvalue weighted by Gasteiger charge is -2.08. The van der Waals surface area contributed by atoms with Crippen LogP contribution in [0.3, 0.4) is 0 Å². The van der Waals surface area contributed by atoms with Crippen molar-refractivity contribution < 1.29 is 9.53 Å². The summed E-state index contributed by atoms with van der Waals surface area (Å²) in [5.41, 5.74) is 3.05. The maximum Gasteiger partial charge on any atom is 0.220 e. The highest BCUT2D eigenvalue weighted by molar-refractivity contribution is 5.77. The number of fused-ring (bicyclic) bond motifs is 1. The van der Waals surface area contributed by atoms with E-state index in [1.807, 2.05) is 60.1 Å². The molecule has 1 aromatic heterocycles. The number of carbonyl (C=O) groups excluding carboxylic acids is 1. The molecule has 1 heterocycles. The van der Waals surface area contributed by atoms with Gasteiger partial charge in [0.25, 0.3) is 0 Å². The maximum atomic E-state index is 12.1. The number of aryl methyl sites for hydroxylation is 2. The number of amides is 1. The Balaban J connectivity index is 1.58. The Morgan fingerprint density at radius 3 is 2.71 bits per heavy atom. The first-order valence-electron chi connectivity index (χ1n) is 7.98. The second kappa shape index (κ2) is 7.17. The van der Waals surface area contributed by atoms with E-state index in [1.54, 1.807) is 7.11 Å². The van der Waals surface area contributed by atoms with Crippen molar-refractivity contribution in [1.82, 2.24) is 14.9 Å². The van der Waals surface area contributed by atoms with Crippen LogP contribution in [0.15, 0.2) is 48.5 Å². The largest absolute Gasteiger partial charge is 0.496 e. The van der Waals surface area contributed by atoms with E-state index in [-0.39, 0.29) is 5.91 Å². The molecule has 0 aliphatic heterocycles. The molecular formula is C19H21N3O2. The number of nitrogens with zero attached hydrogens (tertiary/aromatic N) is 2. The van der Waals surface area contributed by atoms with Gasteiger partial charge in [-0.3, -0.25) is 4.79 Å². The van der Waals surface area contributed by atoms with E-state index in [4.69, 9.17) is 4.74 Å². The molecule has 2 aromatic carbocycles. The van der Waals surface area contributed by atoms with Gasteiger partial charge in [0.15, 0.2) is 0 Å².